The summed E-state index contributed by atoms with van der Waals surface area (Å²) in [5.41, 5.74) is 3.05. The molecule has 2 aromatic rings. The maximum atomic E-state index is 13.6. The molecule has 0 fully saturated rings. The quantitative estimate of drug-likeness (QED) is 0.367. The molecule has 0 atom stereocenters. The number of hydrogen-bond acceptors (Lipinski definition) is 4. The Hall–Kier alpha value is -3.05. The topological polar surface area (TPSA) is 78.3 Å². The van der Waals surface area contributed by atoms with E-state index in [1.54, 1.807) is 0 Å². The van der Waals surface area contributed by atoms with E-state index < -0.39 is 81.6 Å². The minimum absolute atomic E-state index is 1.49. The summed E-state index contributed by atoms with van der Waals surface area (Å²) in [7, 11) is 0. The van der Waals surface area contributed by atoms with Crippen LogP contribution in [0.5, 0.6) is 0 Å². The number of nitrogen functional groups attached to an aromatic ring is 2. The summed E-state index contributed by atoms with van der Waals surface area (Å²) < 4.78 is 111. The molecule has 2 rings (SSSR count). The molecule has 0 unspecified atom stereocenters. The molecule has 0 bridgehead atoms. The Balaban J connectivity index is 2.41. The molecule has 0 heterocycles. The lowest BCUT2D eigenvalue weighted by Crippen LogP contribution is -2.17. The van der Waals surface area contributed by atoms with Crippen molar-refractivity contribution in [2.75, 3.05) is 11.5 Å². The first-order chi connectivity index (χ1) is 12.0. The molecule has 0 saturated carbocycles. The lowest BCUT2D eigenvalue weighted by molar-refractivity contribution is 0.0449. The fourth-order valence-electron chi connectivity index (χ4n) is 1.86. The van der Waals surface area contributed by atoms with Crippen LogP contribution < -0.4 is 11.5 Å². The second kappa shape index (κ2) is 6.69. The van der Waals surface area contributed by atoms with Gasteiger partial charge in [-0.1, -0.05) is 0 Å². The van der Waals surface area contributed by atoms with Crippen LogP contribution in [0, 0.1) is 46.5 Å². The fraction of sp³-hybridized carbons (Fsp3) is 0.0714. The summed E-state index contributed by atoms with van der Waals surface area (Å²) in [6, 6.07) is 0. The van der Waals surface area contributed by atoms with Crippen molar-refractivity contribution in [3.8, 4) is 0 Å². The lowest BCUT2D eigenvalue weighted by Gasteiger charge is -2.12. The molecule has 0 aliphatic heterocycles. The van der Waals surface area contributed by atoms with E-state index in [1.165, 1.54) is 0 Å². The molecule has 0 aliphatic carbocycles. The van der Waals surface area contributed by atoms with Crippen molar-refractivity contribution in [1.82, 2.24) is 0 Å². The number of esters is 1. The Morgan fingerprint density at radius 2 is 1.00 bits per heavy atom. The molecule has 0 aromatic heterocycles. The first-order valence-electron chi connectivity index (χ1n) is 6.39. The van der Waals surface area contributed by atoms with Gasteiger partial charge in [0.1, 0.15) is 23.5 Å². The van der Waals surface area contributed by atoms with Crippen LogP contribution in [0.4, 0.5) is 46.5 Å². The van der Waals surface area contributed by atoms with Gasteiger partial charge in [-0.25, -0.2) is 39.9 Å². The van der Waals surface area contributed by atoms with Crippen molar-refractivity contribution < 1.29 is 44.7 Å². The van der Waals surface area contributed by atoms with Crippen molar-refractivity contribution in [3.63, 3.8) is 0 Å². The molecule has 4 N–H and O–H groups in total. The fourth-order valence-corrected chi connectivity index (χ4v) is 1.86. The van der Waals surface area contributed by atoms with E-state index >= 15 is 0 Å². The van der Waals surface area contributed by atoms with Crippen LogP contribution in [0.25, 0.3) is 0 Å². The standard InChI is InChI=1S/C14H6F8N2O2/c15-4-2(5(16)9(20)12(23)8(4)19)1-26-14(25)3-6(17)10(21)13(24)11(22)7(3)18/h1,23-24H2. The second-order valence-electron chi connectivity index (χ2n) is 4.77. The molecule has 12 heteroatoms. The average Bonchev–Trinajstić information content (AvgIpc) is 2.61. The van der Waals surface area contributed by atoms with Crippen LogP contribution in [0.15, 0.2) is 0 Å². The Bertz CT molecular complexity index is 874. The highest BCUT2D eigenvalue weighted by molar-refractivity contribution is 5.90. The molecule has 4 nitrogen and oxygen atoms in total. The molecule has 0 radical (unpaired) electrons. The normalized spacial score (nSPS) is 10.9. The van der Waals surface area contributed by atoms with Crippen molar-refractivity contribution in [2.45, 2.75) is 6.61 Å². The zero-order valence-corrected chi connectivity index (χ0v) is 12.2. The van der Waals surface area contributed by atoms with Crippen LogP contribution in [-0.4, -0.2) is 5.97 Å². The molecule has 0 saturated heterocycles. The smallest absolute Gasteiger partial charge is 0.344 e. The zero-order chi connectivity index (χ0) is 19.9. The van der Waals surface area contributed by atoms with Crippen molar-refractivity contribution in [1.29, 1.82) is 0 Å². The second-order valence-corrected chi connectivity index (χ2v) is 4.77. The highest BCUT2D eigenvalue weighted by atomic mass is 19.2. The molecular weight excluding hydrogens is 380 g/mol. The number of anilines is 2. The predicted octanol–water partition coefficient (Wildman–Crippen LogP) is 3.32. The van der Waals surface area contributed by atoms with E-state index in [0.717, 1.165) is 0 Å². The van der Waals surface area contributed by atoms with Gasteiger partial charge in [0.2, 0.25) is 0 Å². The lowest BCUT2D eigenvalue weighted by atomic mass is 10.1. The molecule has 2 aromatic carbocycles. The van der Waals surface area contributed by atoms with E-state index in [1.807, 2.05) is 0 Å². The number of carbonyl (C=O) groups excluding carboxylic acids is 1. The van der Waals surface area contributed by atoms with Gasteiger partial charge >= 0.3 is 5.97 Å². The van der Waals surface area contributed by atoms with Gasteiger partial charge in [-0.2, -0.15) is 0 Å². The summed E-state index contributed by atoms with van der Waals surface area (Å²) in [5, 5.41) is 0. The first kappa shape index (κ1) is 19.3. The molecule has 0 aliphatic rings. The molecule has 26 heavy (non-hydrogen) atoms. The third-order valence-electron chi connectivity index (χ3n) is 3.24. The minimum atomic E-state index is -2.23. The first-order valence-corrected chi connectivity index (χ1v) is 6.39. The molecular formula is C14H6F8N2O2. The Morgan fingerprint density at radius 1 is 0.654 bits per heavy atom. The summed E-state index contributed by atoms with van der Waals surface area (Å²) in [6.07, 6.45) is 0. The van der Waals surface area contributed by atoms with Crippen molar-refractivity contribution in [2.24, 2.45) is 0 Å². The van der Waals surface area contributed by atoms with Gasteiger partial charge in [-0.15, -0.1) is 0 Å². The van der Waals surface area contributed by atoms with Gasteiger partial charge in [-0.05, 0) is 0 Å². The Morgan fingerprint density at radius 3 is 1.38 bits per heavy atom. The maximum Gasteiger partial charge on any atom is 0.344 e. The van der Waals surface area contributed by atoms with Gasteiger partial charge in [-0.3, -0.25) is 0 Å². The van der Waals surface area contributed by atoms with Gasteiger partial charge in [0.15, 0.2) is 46.5 Å². The van der Waals surface area contributed by atoms with Gasteiger partial charge in [0.25, 0.3) is 0 Å². The van der Waals surface area contributed by atoms with Crippen molar-refractivity contribution in [3.05, 3.63) is 57.7 Å². The van der Waals surface area contributed by atoms with Gasteiger partial charge < -0.3 is 16.2 Å². The van der Waals surface area contributed by atoms with Crippen LogP contribution >= 0.6 is 0 Å². The number of ether oxygens (including phenoxy) is 1. The number of carbonyl (C=O) groups is 1. The third kappa shape index (κ3) is 2.86. The predicted molar refractivity (Wildman–Crippen MR) is 70.5 cm³/mol. The van der Waals surface area contributed by atoms with E-state index in [2.05, 4.69) is 4.74 Å². The number of nitrogens with two attached hydrogens (primary N) is 2. The largest absolute Gasteiger partial charge is 0.457 e. The summed E-state index contributed by atoms with van der Waals surface area (Å²) in [6.45, 7) is -1.57. The van der Waals surface area contributed by atoms with Crippen LogP contribution in [0.2, 0.25) is 0 Å². The SMILES string of the molecule is Nc1c(F)c(F)c(COC(=O)c2c(F)c(F)c(N)c(F)c2F)c(F)c1F. The van der Waals surface area contributed by atoms with E-state index in [0.29, 0.717) is 0 Å². The number of rotatable bonds is 3. The van der Waals surface area contributed by atoms with E-state index in [-0.39, 0.29) is 0 Å². The zero-order valence-electron chi connectivity index (χ0n) is 12.2. The highest BCUT2D eigenvalue weighted by Gasteiger charge is 2.30. The van der Waals surface area contributed by atoms with E-state index in [4.69, 9.17) is 11.5 Å². The monoisotopic (exact) mass is 386 g/mol. The number of benzene rings is 2. The summed E-state index contributed by atoms with van der Waals surface area (Å²) >= 11 is 0. The van der Waals surface area contributed by atoms with Crippen LogP contribution in [0.1, 0.15) is 15.9 Å². The molecule has 0 spiro atoms. The number of halogens is 8. The summed E-state index contributed by atoms with van der Waals surface area (Å²) in [5.74, 6) is -18.9. The van der Waals surface area contributed by atoms with Crippen molar-refractivity contribution >= 4 is 17.3 Å². The molecule has 140 valence electrons. The highest BCUT2D eigenvalue weighted by Crippen LogP contribution is 2.28. The molecule has 0 amide bonds. The van der Waals surface area contributed by atoms with Gasteiger partial charge in [0.05, 0.1) is 5.56 Å². The summed E-state index contributed by atoms with van der Waals surface area (Å²) in [4.78, 5) is 11.6. The third-order valence-corrected chi connectivity index (χ3v) is 3.24. The Kier molecular flexibility index (Phi) is 4.96. The minimum Gasteiger partial charge on any atom is -0.457 e. The maximum absolute atomic E-state index is 13.6. The number of hydrogen-bond donors (Lipinski definition) is 2. The van der Waals surface area contributed by atoms with Crippen LogP contribution in [0.3, 0.4) is 0 Å². The van der Waals surface area contributed by atoms with Crippen LogP contribution in [-0.2, 0) is 11.3 Å². The van der Waals surface area contributed by atoms with Gasteiger partial charge in [0, 0.05) is 0 Å². The Labute approximate surface area is 138 Å². The average molecular weight is 386 g/mol. The van der Waals surface area contributed by atoms with E-state index in [9.17, 15) is 39.9 Å².